The van der Waals surface area contributed by atoms with Crippen LogP contribution < -0.4 is 0 Å². The zero-order chi connectivity index (χ0) is 42.1. The van der Waals surface area contributed by atoms with Crippen molar-refractivity contribution >= 4 is 17.1 Å². The maximum Gasteiger partial charge on any atom is 0.233 e. The van der Waals surface area contributed by atoms with Gasteiger partial charge in [0.15, 0.2) is 11.3 Å². The highest BCUT2D eigenvalue weighted by Crippen LogP contribution is 2.27. The van der Waals surface area contributed by atoms with E-state index < -0.39 is 0 Å². The second-order valence-electron chi connectivity index (χ2n) is 17.2. The van der Waals surface area contributed by atoms with Crippen LogP contribution in [0.2, 0.25) is 0 Å². The molecule has 0 bridgehead atoms. The van der Waals surface area contributed by atoms with Gasteiger partial charge in [0.1, 0.15) is 6.33 Å². The Balaban J connectivity index is 0.000000169. The van der Waals surface area contributed by atoms with Crippen molar-refractivity contribution in [3.63, 3.8) is 0 Å². The van der Waals surface area contributed by atoms with Crippen molar-refractivity contribution in [2.24, 2.45) is 0 Å². The molecule has 0 N–H and O–H groups in total. The first-order valence-corrected chi connectivity index (χ1v) is 20.7. The second-order valence-corrected chi connectivity index (χ2v) is 17.2. The fourth-order valence-electron chi connectivity index (χ4n) is 6.78. The van der Waals surface area contributed by atoms with E-state index in [0.29, 0.717) is 47.3 Å². The lowest BCUT2D eigenvalue weighted by Gasteiger charge is -2.16. The smallest absolute Gasteiger partial charge is 0.233 e. The fourth-order valence-corrected chi connectivity index (χ4v) is 6.78. The molecule has 306 valence electrons. The van der Waals surface area contributed by atoms with Crippen molar-refractivity contribution in [1.29, 1.82) is 0 Å². The summed E-state index contributed by atoms with van der Waals surface area (Å²) in [6.07, 6.45) is 17.1. The van der Waals surface area contributed by atoms with Gasteiger partial charge in [-0.25, -0.2) is 38.9 Å². The van der Waals surface area contributed by atoms with Gasteiger partial charge in [0.05, 0.1) is 29.5 Å². The summed E-state index contributed by atoms with van der Waals surface area (Å²) in [5, 5.41) is 8.55. The molecule has 11 heteroatoms. The largest absolute Gasteiger partial charge is 0.291 e. The van der Waals surface area contributed by atoms with Gasteiger partial charge in [-0.2, -0.15) is 10.2 Å². The van der Waals surface area contributed by atoms with Crippen LogP contribution in [0.4, 0.5) is 0 Å². The molecule has 0 aliphatic rings. The summed E-state index contributed by atoms with van der Waals surface area (Å²) in [4.78, 5) is 26.2. The van der Waals surface area contributed by atoms with E-state index >= 15 is 0 Å². The fraction of sp³-hybridized carbons (Fsp3) is 0.522. The average Bonchev–Trinajstić information content (AvgIpc) is 3.94. The first kappa shape index (κ1) is 44.7. The Morgan fingerprint density at radius 2 is 1.02 bits per heavy atom. The van der Waals surface area contributed by atoms with Crippen molar-refractivity contribution < 1.29 is 0 Å². The summed E-state index contributed by atoms with van der Waals surface area (Å²) < 4.78 is 5.79. The van der Waals surface area contributed by atoms with Gasteiger partial charge in [-0.1, -0.05) is 111 Å². The summed E-state index contributed by atoms with van der Waals surface area (Å²) in [6.45, 7) is 34.9. The first-order valence-electron chi connectivity index (χ1n) is 20.7. The van der Waals surface area contributed by atoms with Crippen LogP contribution in [0.5, 0.6) is 0 Å². The van der Waals surface area contributed by atoms with Crippen molar-refractivity contribution in [2.45, 2.75) is 158 Å². The monoisotopic (exact) mass is 774 g/mol. The second kappa shape index (κ2) is 19.9. The van der Waals surface area contributed by atoms with Gasteiger partial charge in [0.2, 0.25) is 5.78 Å². The molecule has 0 atom stereocenters. The molecule has 0 aliphatic heterocycles. The van der Waals surface area contributed by atoms with Crippen molar-refractivity contribution in [3.8, 4) is 0 Å². The lowest BCUT2D eigenvalue weighted by Crippen LogP contribution is -2.08. The van der Waals surface area contributed by atoms with E-state index in [-0.39, 0.29) is 0 Å². The predicted octanol–water partition coefficient (Wildman–Crippen LogP) is 11.7. The van der Waals surface area contributed by atoms with E-state index in [1.165, 1.54) is 45.0 Å². The Hall–Kier alpha value is -5.06. The third kappa shape index (κ3) is 11.1. The Kier molecular flexibility index (Phi) is 15.6. The van der Waals surface area contributed by atoms with Gasteiger partial charge >= 0.3 is 0 Å². The maximum atomic E-state index is 4.66. The van der Waals surface area contributed by atoms with Crippen LogP contribution in [0.3, 0.4) is 0 Å². The number of rotatable bonds is 8. The van der Waals surface area contributed by atoms with E-state index in [0.717, 1.165) is 17.1 Å². The molecular weight excluding hydrogens is 707 g/mol. The average molecular weight is 774 g/mol. The summed E-state index contributed by atoms with van der Waals surface area (Å²) >= 11 is 0. The summed E-state index contributed by atoms with van der Waals surface area (Å²) in [5.41, 5.74) is 11.9. The van der Waals surface area contributed by atoms with Crippen LogP contribution in [0.15, 0.2) is 68.0 Å². The standard InChI is InChI=1S/3C12H17N3.C10H16N2/c1-8(2)10-7-15-6-5-13-12(15)14-11(10)9(3)4;1-8(2)10-7-13-11-5-6-14-15(11)12(10)9(3)4;1-8(2)10-7-15-11(5-6-13-15)14-12(10)9(3)4;1-7(2)9-5-11-6-12-10(9)8(3)4/h3*5-9H,1-4H3;5-8H,1-4H3. The minimum Gasteiger partial charge on any atom is -0.291 e. The van der Waals surface area contributed by atoms with Gasteiger partial charge in [-0.3, -0.25) is 4.40 Å². The van der Waals surface area contributed by atoms with E-state index in [9.17, 15) is 0 Å². The highest BCUT2D eigenvalue weighted by atomic mass is 15.3. The van der Waals surface area contributed by atoms with Crippen molar-refractivity contribution in [1.82, 2.24) is 53.5 Å². The normalized spacial score (nSPS) is 11.7. The highest BCUT2D eigenvalue weighted by molar-refractivity contribution is 5.42. The van der Waals surface area contributed by atoms with E-state index in [2.05, 4.69) is 163 Å². The van der Waals surface area contributed by atoms with Gasteiger partial charge in [-0.15, -0.1) is 0 Å². The molecule has 7 rings (SSSR count). The molecule has 0 spiro atoms. The molecule has 7 heterocycles. The zero-order valence-electron chi connectivity index (χ0n) is 37.4. The van der Waals surface area contributed by atoms with Crippen molar-refractivity contribution in [2.75, 3.05) is 0 Å². The molecule has 0 saturated carbocycles. The van der Waals surface area contributed by atoms with E-state index in [1.54, 1.807) is 24.9 Å². The number of hydrogen-bond acceptors (Lipinski definition) is 8. The lowest BCUT2D eigenvalue weighted by molar-refractivity contribution is 0.702. The van der Waals surface area contributed by atoms with Crippen LogP contribution in [-0.2, 0) is 0 Å². The van der Waals surface area contributed by atoms with Crippen LogP contribution in [0.1, 0.15) is 203 Å². The molecular formula is C46H67N11. The Morgan fingerprint density at radius 1 is 0.456 bits per heavy atom. The molecule has 57 heavy (non-hydrogen) atoms. The summed E-state index contributed by atoms with van der Waals surface area (Å²) in [6, 6.07) is 3.88. The highest BCUT2D eigenvalue weighted by Gasteiger charge is 2.16. The van der Waals surface area contributed by atoms with Crippen LogP contribution >= 0.6 is 0 Å². The molecule has 7 aromatic rings. The van der Waals surface area contributed by atoms with E-state index in [4.69, 9.17) is 0 Å². The maximum absolute atomic E-state index is 4.66. The molecule has 0 aliphatic carbocycles. The number of hydrogen-bond donors (Lipinski definition) is 0. The molecule has 0 unspecified atom stereocenters. The quantitative estimate of drug-likeness (QED) is 0.150. The number of aromatic nitrogens is 11. The van der Waals surface area contributed by atoms with Crippen LogP contribution in [0, 0.1) is 0 Å². The number of imidazole rings is 1. The lowest BCUT2D eigenvalue weighted by atomic mass is 9.97. The van der Waals surface area contributed by atoms with Gasteiger partial charge in [0, 0.05) is 55.0 Å². The van der Waals surface area contributed by atoms with Gasteiger partial charge in [-0.05, 0) is 69.6 Å². The third-order valence-corrected chi connectivity index (χ3v) is 9.82. The molecule has 7 aromatic heterocycles. The van der Waals surface area contributed by atoms with Crippen molar-refractivity contribution in [3.05, 3.63) is 113 Å². The van der Waals surface area contributed by atoms with Gasteiger partial charge in [0.25, 0.3) is 0 Å². The number of nitrogens with zero attached hydrogens (tertiary/aromatic N) is 11. The molecule has 11 nitrogen and oxygen atoms in total. The van der Waals surface area contributed by atoms with E-state index in [1.807, 2.05) is 44.2 Å². The topological polar surface area (TPSA) is 116 Å². The summed E-state index contributed by atoms with van der Waals surface area (Å²) in [7, 11) is 0. The Labute approximate surface area is 340 Å². The molecule has 0 radical (unpaired) electrons. The predicted molar refractivity (Wildman–Crippen MR) is 234 cm³/mol. The molecule has 0 amide bonds. The third-order valence-electron chi connectivity index (χ3n) is 9.82. The minimum absolute atomic E-state index is 0.448. The first-order chi connectivity index (χ1) is 26.9. The Morgan fingerprint density at radius 3 is 1.58 bits per heavy atom. The zero-order valence-corrected chi connectivity index (χ0v) is 37.4. The number of fused-ring (bicyclic) bond motifs is 3. The molecule has 0 aromatic carbocycles. The van der Waals surface area contributed by atoms with Crippen LogP contribution in [-0.4, -0.2) is 53.5 Å². The Bertz CT molecular complexity index is 2090. The SMILES string of the molecule is CC(C)c1cn2ccnc2nc1C(C)C.CC(C)c1cn2nccc2nc1C(C)C.CC(C)c1cnc2ccnn2c1C(C)C.CC(C)c1cncnc1C(C)C. The molecule has 0 saturated heterocycles. The summed E-state index contributed by atoms with van der Waals surface area (Å²) in [5.74, 6) is 4.66. The molecule has 0 fully saturated rings. The van der Waals surface area contributed by atoms with Crippen LogP contribution in [0.25, 0.3) is 17.1 Å². The van der Waals surface area contributed by atoms with Gasteiger partial charge < -0.3 is 0 Å². The minimum atomic E-state index is 0.448.